The van der Waals surface area contributed by atoms with Crippen molar-refractivity contribution >= 4 is 11.6 Å². The summed E-state index contributed by atoms with van der Waals surface area (Å²) < 4.78 is 32.0. The van der Waals surface area contributed by atoms with Crippen molar-refractivity contribution in [3.05, 3.63) is 60.2 Å². The first-order valence-electron chi connectivity index (χ1n) is 8.25. The summed E-state index contributed by atoms with van der Waals surface area (Å²) >= 11 is 0. The van der Waals surface area contributed by atoms with Crippen molar-refractivity contribution in [1.29, 1.82) is 0 Å². The van der Waals surface area contributed by atoms with Crippen LogP contribution in [0.5, 0.6) is 5.75 Å². The van der Waals surface area contributed by atoms with Gasteiger partial charge in [0, 0.05) is 37.9 Å². The lowest BCUT2D eigenvalue weighted by Crippen LogP contribution is -2.52. The van der Waals surface area contributed by atoms with E-state index in [-0.39, 0.29) is 11.7 Å². The van der Waals surface area contributed by atoms with Gasteiger partial charge >= 0.3 is 0 Å². The summed E-state index contributed by atoms with van der Waals surface area (Å²) in [5, 5.41) is 0. The molecule has 1 aliphatic heterocycles. The van der Waals surface area contributed by atoms with E-state index in [9.17, 15) is 13.6 Å². The van der Waals surface area contributed by atoms with Gasteiger partial charge in [-0.3, -0.25) is 4.79 Å². The number of rotatable bonds is 4. The van der Waals surface area contributed by atoms with Gasteiger partial charge in [-0.05, 0) is 31.2 Å². The van der Waals surface area contributed by atoms with Gasteiger partial charge in [0.15, 0.2) is 17.7 Å². The van der Waals surface area contributed by atoms with E-state index in [2.05, 4.69) is 4.90 Å². The summed E-state index contributed by atoms with van der Waals surface area (Å²) in [6.45, 7) is 4.19. The van der Waals surface area contributed by atoms with Crippen LogP contribution in [0.15, 0.2) is 48.5 Å². The van der Waals surface area contributed by atoms with Crippen LogP contribution in [0, 0.1) is 11.6 Å². The minimum absolute atomic E-state index is 0.120. The Morgan fingerprint density at radius 3 is 2.36 bits per heavy atom. The van der Waals surface area contributed by atoms with Crippen molar-refractivity contribution in [1.82, 2.24) is 4.90 Å². The van der Waals surface area contributed by atoms with E-state index < -0.39 is 17.7 Å². The average Bonchev–Trinajstić information content (AvgIpc) is 2.64. The Balaban J connectivity index is 1.56. The number of ether oxygens (including phenoxy) is 1. The predicted molar refractivity (Wildman–Crippen MR) is 91.7 cm³/mol. The SMILES string of the molecule is C[C@H](Oc1ccc(F)cc1F)C(=O)N1CCN(c2ccccc2)CC1. The summed E-state index contributed by atoms with van der Waals surface area (Å²) in [5.74, 6) is -1.81. The normalized spacial score (nSPS) is 15.8. The van der Waals surface area contributed by atoms with Gasteiger partial charge in [0.1, 0.15) is 5.82 Å². The Labute approximate surface area is 145 Å². The second-order valence-corrected chi connectivity index (χ2v) is 5.98. The largest absolute Gasteiger partial charge is 0.478 e. The molecule has 0 spiro atoms. The van der Waals surface area contributed by atoms with Crippen LogP contribution in [0.25, 0.3) is 0 Å². The lowest BCUT2D eigenvalue weighted by atomic mass is 10.2. The first-order chi connectivity index (χ1) is 12.0. The number of halogens is 2. The van der Waals surface area contributed by atoms with E-state index in [4.69, 9.17) is 4.74 Å². The monoisotopic (exact) mass is 346 g/mol. The molecule has 0 saturated carbocycles. The number of hydrogen-bond acceptors (Lipinski definition) is 3. The molecule has 0 radical (unpaired) electrons. The van der Waals surface area contributed by atoms with E-state index in [1.165, 1.54) is 6.07 Å². The third-order valence-corrected chi connectivity index (χ3v) is 4.26. The van der Waals surface area contributed by atoms with Gasteiger partial charge in [0.05, 0.1) is 0 Å². The Kier molecular flexibility index (Phi) is 5.16. The quantitative estimate of drug-likeness (QED) is 0.853. The smallest absolute Gasteiger partial charge is 0.263 e. The molecule has 6 heteroatoms. The summed E-state index contributed by atoms with van der Waals surface area (Å²) in [5.41, 5.74) is 1.13. The number of carbonyl (C=O) groups is 1. The molecule has 0 bridgehead atoms. The minimum Gasteiger partial charge on any atom is -0.478 e. The third kappa shape index (κ3) is 4.07. The Morgan fingerprint density at radius 1 is 1.04 bits per heavy atom. The molecule has 132 valence electrons. The summed E-state index contributed by atoms with van der Waals surface area (Å²) in [4.78, 5) is 16.4. The van der Waals surface area contributed by atoms with E-state index >= 15 is 0 Å². The number of anilines is 1. The van der Waals surface area contributed by atoms with Gasteiger partial charge in [-0.25, -0.2) is 8.78 Å². The maximum atomic E-state index is 13.7. The van der Waals surface area contributed by atoms with Crippen molar-refractivity contribution in [2.75, 3.05) is 31.1 Å². The van der Waals surface area contributed by atoms with Crippen molar-refractivity contribution in [2.45, 2.75) is 13.0 Å². The van der Waals surface area contributed by atoms with E-state index in [0.717, 1.165) is 30.9 Å². The molecule has 1 amide bonds. The van der Waals surface area contributed by atoms with Crippen LogP contribution in [0.4, 0.5) is 14.5 Å². The number of amides is 1. The van der Waals surface area contributed by atoms with Crippen LogP contribution in [-0.4, -0.2) is 43.1 Å². The fraction of sp³-hybridized carbons (Fsp3) is 0.316. The summed E-state index contributed by atoms with van der Waals surface area (Å²) in [7, 11) is 0. The second-order valence-electron chi connectivity index (χ2n) is 5.98. The van der Waals surface area contributed by atoms with Gasteiger partial charge in [0.25, 0.3) is 5.91 Å². The Hall–Kier alpha value is -2.63. The number of hydrogen-bond donors (Lipinski definition) is 0. The molecule has 1 aliphatic rings. The first kappa shape index (κ1) is 17.2. The van der Waals surface area contributed by atoms with Crippen molar-refractivity contribution in [3.8, 4) is 5.75 Å². The highest BCUT2D eigenvalue weighted by atomic mass is 19.1. The summed E-state index contributed by atoms with van der Waals surface area (Å²) in [6.07, 6.45) is -0.830. The molecule has 25 heavy (non-hydrogen) atoms. The molecule has 1 heterocycles. The van der Waals surface area contributed by atoms with Crippen LogP contribution >= 0.6 is 0 Å². The lowest BCUT2D eigenvalue weighted by molar-refractivity contribution is -0.138. The second kappa shape index (κ2) is 7.51. The lowest BCUT2D eigenvalue weighted by Gasteiger charge is -2.37. The van der Waals surface area contributed by atoms with Gasteiger partial charge in [-0.2, -0.15) is 0 Å². The molecule has 4 nitrogen and oxygen atoms in total. The fourth-order valence-corrected chi connectivity index (χ4v) is 2.89. The maximum absolute atomic E-state index is 13.7. The van der Waals surface area contributed by atoms with Crippen molar-refractivity contribution < 1.29 is 18.3 Å². The topological polar surface area (TPSA) is 32.8 Å². The highest BCUT2D eigenvalue weighted by molar-refractivity contribution is 5.81. The molecule has 1 saturated heterocycles. The molecule has 2 aromatic rings. The Bertz CT molecular complexity index is 731. The fourth-order valence-electron chi connectivity index (χ4n) is 2.89. The maximum Gasteiger partial charge on any atom is 0.263 e. The molecular formula is C19H20F2N2O2. The van der Waals surface area contributed by atoms with Crippen LogP contribution in [0.2, 0.25) is 0 Å². The standard InChI is InChI=1S/C19H20F2N2O2/c1-14(25-18-8-7-15(20)13-17(18)21)19(24)23-11-9-22(10-12-23)16-5-3-2-4-6-16/h2-8,13-14H,9-12H2,1H3/t14-/m0/s1. The van der Waals surface area contributed by atoms with Crippen LogP contribution < -0.4 is 9.64 Å². The minimum atomic E-state index is -0.830. The average molecular weight is 346 g/mol. The molecule has 1 atom stereocenters. The number of piperazine rings is 1. The molecule has 0 unspecified atom stereocenters. The zero-order chi connectivity index (χ0) is 17.8. The summed E-state index contributed by atoms with van der Waals surface area (Å²) in [6, 6.07) is 13.1. The molecule has 3 rings (SSSR count). The molecule has 0 N–H and O–H groups in total. The molecule has 0 aliphatic carbocycles. The number of benzene rings is 2. The molecule has 0 aromatic heterocycles. The van der Waals surface area contributed by atoms with Gasteiger partial charge in [-0.15, -0.1) is 0 Å². The third-order valence-electron chi connectivity index (χ3n) is 4.26. The van der Waals surface area contributed by atoms with Gasteiger partial charge in [-0.1, -0.05) is 18.2 Å². The molecular weight excluding hydrogens is 326 g/mol. The predicted octanol–water partition coefficient (Wildman–Crippen LogP) is 3.08. The number of nitrogens with zero attached hydrogens (tertiary/aromatic N) is 2. The van der Waals surface area contributed by atoms with E-state index in [0.29, 0.717) is 13.1 Å². The van der Waals surface area contributed by atoms with Crippen molar-refractivity contribution in [2.24, 2.45) is 0 Å². The highest BCUT2D eigenvalue weighted by Gasteiger charge is 2.26. The zero-order valence-electron chi connectivity index (χ0n) is 14.0. The van der Waals surface area contributed by atoms with E-state index in [1.54, 1.807) is 11.8 Å². The van der Waals surface area contributed by atoms with Gasteiger partial charge in [0.2, 0.25) is 0 Å². The van der Waals surface area contributed by atoms with Crippen LogP contribution in [-0.2, 0) is 4.79 Å². The first-order valence-corrected chi connectivity index (χ1v) is 8.25. The van der Waals surface area contributed by atoms with Crippen molar-refractivity contribution in [3.63, 3.8) is 0 Å². The Morgan fingerprint density at radius 2 is 1.72 bits per heavy atom. The van der Waals surface area contributed by atoms with Crippen LogP contribution in [0.1, 0.15) is 6.92 Å². The zero-order valence-corrected chi connectivity index (χ0v) is 14.0. The molecule has 1 fully saturated rings. The molecule has 2 aromatic carbocycles. The van der Waals surface area contributed by atoms with Gasteiger partial charge < -0.3 is 14.5 Å². The highest BCUT2D eigenvalue weighted by Crippen LogP contribution is 2.20. The number of para-hydroxylation sites is 1. The van der Waals surface area contributed by atoms with E-state index in [1.807, 2.05) is 30.3 Å². The number of carbonyl (C=O) groups excluding carboxylic acids is 1. The van der Waals surface area contributed by atoms with Crippen LogP contribution in [0.3, 0.4) is 0 Å².